The highest BCUT2D eigenvalue weighted by Crippen LogP contribution is 2.21. The minimum absolute atomic E-state index is 0.144. The van der Waals surface area contributed by atoms with Gasteiger partial charge in [-0.05, 0) is 36.8 Å². The molecule has 1 rings (SSSR count). The molecule has 1 aromatic carbocycles. The molecule has 0 aliphatic carbocycles. The summed E-state index contributed by atoms with van der Waals surface area (Å²) in [5.74, 6) is -0.653. The zero-order chi connectivity index (χ0) is 15.0. The number of ether oxygens (including phenoxy) is 1. The smallest absolute Gasteiger partial charge is 0.307 e. The van der Waals surface area contributed by atoms with Crippen molar-refractivity contribution in [2.24, 2.45) is 0 Å². The molecule has 4 nitrogen and oxygen atoms in total. The van der Waals surface area contributed by atoms with Crippen LogP contribution < -0.4 is 5.32 Å². The Bertz CT molecular complexity index is 515. The molecule has 108 valence electrons. The van der Waals surface area contributed by atoms with E-state index in [0.717, 1.165) is 0 Å². The second kappa shape index (κ2) is 8.61. The average molecular weight is 316 g/mol. The van der Waals surface area contributed by atoms with E-state index in [0.29, 0.717) is 22.2 Å². The Morgan fingerprint density at radius 1 is 1.35 bits per heavy atom. The molecule has 0 heterocycles. The van der Waals surface area contributed by atoms with Crippen molar-refractivity contribution >= 4 is 41.2 Å². The number of carbonyl (C=O) groups excluding carboxylic acids is 2. The molecule has 0 spiro atoms. The van der Waals surface area contributed by atoms with E-state index in [9.17, 15) is 9.59 Å². The standard InChI is InChI=1S/C14H15Cl2NO3/c1-2-20-14(19)7-8-17-13(18)6-3-10-9-11(15)4-5-12(10)16/h3-6,9H,2,7-8H2,1H3,(H,17,18). The molecule has 0 fully saturated rings. The largest absolute Gasteiger partial charge is 0.466 e. The van der Waals surface area contributed by atoms with Crippen molar-refractivity contribution in [2.45, 2.75) is 13.3 Å². The maximum absolute atomic E-state index is 11.5. The SMILES string of the molecule is CCOC(=O)CCNC(=O)C=Cc1cc(Cl)ccc1Cl. The molecule has 0 saturated carbocycles. The first-order chi connectivity index (χ1) is 9.52. The summed E-state index contributed by atoms with van der Waals surface area (Å²) in [4.78, 5) is 22.6. The molecule has 1 aromatic rings. The van der Waals surface area contributed by atoms with Crippen LogP contribution in [-0.4, -0.2) is 25.0 Å². The summed E-state index contributed by atoms with van der Waals surface area (Å²) in [6.45, 7) is 2.29. The van der Waals surface area contributed by atoms with Gasteiger partial charge in [0.1, 0.15) is 0 Å². The van der Waals surface area contributed by atoms with Crippen LogP contribution >= 0.6 is 23.2 Å². The van der Waals surface area contributed by atoms with Crippen LogP contribution in [0, 0.1) is 0 Å². The number of amides is 1. The lowest BCUT2D eigenvalue weighted by atomic mass is 10.2. The number of rotatable bonds is 6. The van der Waals surface area contributed by atoms with Crippen LogP contribution in [0.4, 0.5) is 0 Å². The van der Waals surface area contributed by atoms with Crippen LogP contribution in [0.2, 0.25) is 10.0 Å². The summed E-state index contributed by atoms with van der Waals surface area (Å²) < 4.78 is 4.74. The van der Waals surface area contributed by atoms with E-state index in [-0.39, 0.29) is 24.8 Å². The lowest BCUT2D eigenvalue weighted by Crippen LogP contribution is -2.24. The molecular weight excluding hydrogens is 301 g/mol. The summed E-state index contributed by atoms with van der Waals surface area (Å²) >= 11 is 11.8. The molecule has 0 unspecified atom stereocenters. The molecule has 1 amide bonds. The average Bonchev–Trinajstić information content (AvgIpc) is 2.40. The number of nitrogens with one attached hydrogen (secondary N) is 1. The van der Waals surface area contributed by atoms with Gasteiger partial charge >= 0.3 is 5.97 Å². The van der Waals surface area contributed by atoms with Gasteiger partial charge in [0, 0.05) is 22.7 Å². The summed E-state index contributed by atoms with van der Waals surface area (Å²) in [6, 6.07) is 4.98. The molecule has 6 heteroatoms. The molecule has 0 aliphatic heterocycles. The number of hydrogen-bond acceptors (Lipinski definition) is 3. The Morgan fingerprint density at radius 3 is 2.80 bits per heavy atom. The molecule has 20 heavy (non-hydrogen) atoms. The third-order valence-electron chi connectivity index (χ3n) is 2.31. The van der Waals surface area contributed by atoms with E-state index < -0.39 is 0 Å². The fourth-order valence-corrected chi connectivity index (χ4v) is 1.75. The van der Waals surface area contributed by atoms with Gasteiger partial charge in [0.15, 0.2) is 0 Å². The Hall–Kier alpha value is -1.52. The van der Waals surface area contributed by atoms with Crippen molar-refractivity contribution in [1.29, 1.82) is 0 Å². The van der Waals surface area contributed by atoms with Crippen molar-refractivity contribution < 1.29 is 14.3 Å². The van der Waals surface area contributed by atoms with Gasteiger partial charge in [0.2, 0.25) is 5.91 Å². The fourth-order valence-electron chi connectivity index (χ4n) is 1.39. The van der Waals surface area contributed by atoms with Gasteiger partial charge in [-0.15, -0.1) is 0 Å². The lowest BCUT2D eigenvalue weighted by molar-refractivity contribution is -0.142. The van der Waals surface area contributed by atoms with E-state index >= 15 is 0 Å². The molecule has 1 N–H and O–H groups in total. The monoisotopic (exact) mass is 315 g/mol. The predicted molar refractivity (Wildman–Crippen MR) is 79.8 cm³/mol. The zero-order valence-electron chi connectivity index (χ0n) is 11.0. The first-order valence-electron chi connectivity index (χ1n) is 6.09. The third-order valence-corrected chi connectivity index (χ3v) is 2.89. The highest BCUT2D eigenvalue weighted by atomic mass is 35.5. The van der Waals surface area contributed by atoms with Crippen molar-refractivity contribution in [1.82, 2.24) is 5.32 Å². The van der Waals surface area contributed by atoms with Gasteiger partial charge in [-0.25, -0.2) is 0 Å². The van der Waals surface area contributed by atoms with Gasteiger partial charge < -0.3 is 10.1 Å². The van der Waals surface area contributed by atoms with E-state index in [1.165, 1.54) is 6.08 Å². The van der Waals surface area contributed by atoms with Crippen LogP contribution in [0.25, 0.3) is 6.08 Å². The van der Waals surface area contributed by atoms with Gasteiger partial charge in [0.25, 0.3) is 0 Å². The number of carbonyl (C=O) groups is 2. The molecular formula is C14H15Cl2NO3. The summed E-state index contributed by atoms with van der Waals surface area (Å²) in [5, 5.41) is 3.62. The Morgan fingerprint density at radius 2 is 2.10 bits per heavy atom. The Labute approximate surface area is 127 Å². The van der Waals surface area contributed by atoms with Crippen LogP contribution in [0.15, 0.2) is 24.3 Å². The van der Waals surface area contributed by atoms with E-state index in [2.05, 4.69) is 5.32 Å². The number of esters is 1. The maximum atomic E-state index is 11.5. The van der Waals surface area contributed by atoms with Crippen LogP contribution in [0.3, 0.4) is 0 Å². The van der Waals surface area contributed by atoms with E-state index in [4.69, 9.17) is 27.9 Å². The van der Waals surface area contributed by atoms with Gasteiger partial charge in [-0.2, -0.15) is 0 Å². The molecule has 0 aliphatic rings. The fraction of sp³-hybridized carbons (Fsp3) is 0.286. The third kappa shape index (κ3) is 6.08. The highest BCUT2D eigenvalue weighted by molar-refractivity contribution is 6.34. The van der Waals surface area contributed by atoms with Crippen LogP contribution in [0.1, 0.15) is 18.9 Å². The van der Waals surface area contributed by atoms with Crippen LogP contribution in [-0.2, 0) is 14.3 Å². The minimum atomic E-state index is -0.338. The minimum Gasteiger partial charge on any atom is -0.466 e. The van der Waals surface area contributed by atoms with Crippen molar-refractivity contribution in [2.75, 3.05) is 13.2 Å². The Kier molecular flexibility index (Phi) is 7.12. The lowest BCUT2D eigenvalue weighted by Gasteiger charge is -2.02. The molecule has 0 radical (unpaired) electrons. The highest BCUT2D eigenvalue weighted by Gasteiger charge is 2.03. The molecule has 0 saturated heterocycles. The van der Waals surface area contributed by atoms with Crippen LogP contribution in [0.5, 0.6) is 0 Å². The van der Waals surface area contributed by atoms with E-state index in [1.807, 2.05) is 0 Å². The Balaban J connectivity index is 2.44. The maximum Gasteiger partial charge on any atom is 0.307 e. The second-order valence-corrected chi connectivity index (χ2v) is 4.69. The molecule has 0 atom stereocenters. The van der Waals surface area contributed by atoms with Crippen molar-refractivity contribution in [3.63, 3.8) is 0 Å². The summed E-state index contributed by atoms with van der Waals surface area (Å²) in [7, 11) is 0. The molecule has 0 bridgehead atoms. The van der Waals surface area contributed by atoms with Crippen molar-refractivity contribution in [3.8, 4) is 0 Å². The van der Waals surface area contributed by atoms with E-state index in [1.54, 1.807) is 31.2 Å². The first kappa shape index (κ1) is 16.5. The normalized spacial score (nSPS) is 10.6. The summed E-state index contributed by atoms with van der Waals surface area (Å²) in [5.41, 5.74) is 0.653. The zero-order valence-corrected chi connectivity index (χ0v) is 12.5. The topological polar surface area (TPSA) is 55.4 Å². The quantitative estimate of drug-likeness (QED) is 0.648. The van der Waals surface area contributed by atoms with Gasteiger partial charge in [-0.3, -0.25) is 9.59 Å². The molecule has 0 aromatic heterocycles. The number of hydrogen-bond donors (Lipinski definition) is 1. The van der Waals surface area contributed by atoms with Gasteiger partial charge in [0.05, 0.1) is 13.0 Å². The predicted octanol–water partition coefficient (Wildman–Crippen LogP) is 3.08. The second-order valence-electron chi connectivity index (χ2n) is 3.85. The number of benzene rings is 1. The first-order valence-corrected chi connectivity index (χ1v) is 6.85. The number of halogens is 2. The van der Waals surface area contributed by atoms with Crippen molar-refractivity contribution in [3.05, 3.63) is 39.9 Å². The summed E-state index contributed by atoms with van der Waals surface area (Å²) in [6.07, 6.45) is 3.04. The van der Waals surface area contributed by atoms with Gasteiger partial charge in [-0.1, -0.05) is 23.2 Å².